The Balaban J connectivity index is 1.73. The zero-order valence-electron chi connectivity index (χ0n) is 12.4. The zero-order valence-corrected chi connectivity index (χ0v) is 13.2. The largest absolute Gasteiger partial charge is 0.361 e. The van der Waals surface area contributed by atoms with Gasteiger partial charge in [0.25, 0.3) is 0 Å². The van der Waals surface area contributed by atoms with E-state index in [0.29, 0.717) is 10.8 Å². The van der Waals surface area contributed by atoms with Crippen LogP contribution in [0.15, 0.2) is 18.2 Å². The van der Waals surface area contributed by atoms with E-state index in [0.717, 1.165) is 23.1 Å². The van der Waals surface area contributed by atoms with Crippen LogP contribution in [-0.2, 0) is 0 Å². The molecule has 0 bridgehead atoms. The van der Waals surface area contributed by atoms with Gasteiger partial charge in [0.1, 0.15) is 0 Å². The summed E-state index contributed by atoms with van der Waals surface area (Å²) in [5.74, 6) is 0.730. The fourth-order valence-corrected chi connectivity index (χ4v) is 4.00. The van der Waals surface area contributed by atoms with Crippen molar-refractivity contribution in [3.8, 4) is 0 Å². The number of thiazole rings is 1. The Kier molecular flexibility index (Phi) is 2.69. The van der Waals surface area contributed by atoms with Crippen molar-refractivity contribution < 1.29 is 0 Å². The summed E-state index contributed by atoms with van der Waals surface area (Å²) in [7, 11) is 0. The lowest BCUT2D eigenvalue weighted by atomic mass is 10.0. The molecule has 2 aromatic rings. The van der Waals surface area contributed by atoms with Gasteiger partial charge in [-0.05, 0) is 41.4 Å². The van der Waals surface area contributed by atoms with Crippen LogP contribution in [0.4, 0.5) is 5.13 Å². The molecule has 1 saturated carbocycles. The first-order valence-corrected chi connectivity index (χ1v) is 7.75. The lowest BCUT2D eigenvalue weighted by molar-refractivity contribution is 0.457. The number of benzene rings is 1. The van der Waals surface area contributed by atoms with Gasteiger partial charge in [0.15, 0.2) is 5.13 Å². The summed E-state index contributed by atoms with van der Waals surface area (Å²) in [4.78, 5) is 4.68. The summed E-state index contributed by atoms with van der Waals surface area (Å²) in [6, 6.07) is 6.47. The van der Waals surface area contributed by atoms with E-state index in [9.17, 15) is 0 Å². The number of nitrogens with one attached hydrogen (secondary N) is 1. The van der Waals surface area contributed by atoms with Gasteiger partial charge in [-0.1, -0.05) is 45.1 Å². The van der Waals surface area contributed by atoms with Crippen LogP contribution in [0.1, 0.15) is 33.3 Å². The summed E-state index contributed by atoms with van der Waals surface area (Å²) in [6.45, 7) is 12.6. The normalized spacial score (nSPS) is 20.7. The number of aromatic nitrogens is 1. The molecule has 1 N–H and O–H groups in total. The molecule has 3 heteroatoms. The fourth-order valence-electron chi connectivity index (χ4n) is 3.15. The van der Waals surface area contributed by atoms with Gasteiger partial charge in [0.2, 0.25) is 0 Å². The van der Waals surface area contributed by atoms with Crippen LogP contribution in [-0.4, -0.2) is 11.5 Å². The molecule has 1 aromatic heterocycles. The third kappa shape index (κ3) is 1.95. The highest BCUT2D eigenvalue weighted by molar-refractivity contribution is 7.22. The van der Waals surface area contributed by atoms with E-state index < -0.39 is 0 Å². The van der Waals surface area contributed by atoms with Crippen molar-refractivity contribution in [2.75, 3.05) is 11.9 Å². The molecule has 0 atom stereocenters. The van der Waals surface area contributed by atoms with Gasteiger partial charge in [-0.15, -0.1) is 0 Å². The van der Waals surface area contributed by atoms with Crippen LogP contribution >= 0.6 is 11.3 Å². The van der Waals surface area contributed by atoms with E-state index in [1.807, 2.05) is 0 Å². The number of fused-ring (bicyclic) bond motifs is 1. The number of aryl methyl sites for hydroxylation is 1. The SMILES string of the molecule is Cc1ccc2sc(NCC3C(C)(C)C3(C)C)nc2c1. The van der Waals surface area contributed by atoms with E-state index in [1.54, 1.807) is 11.3 Å². The third-order valence-corrected chi connectivity index (χ3v) is 6.31. The Hall–Kier alpha value is -1.09. The number of rotatable bonds is 3. The van der Waals surface area contributed by atoms with Crippen LogP contribution in [0.2, 0.25) is 0 Å². The highest BCUT2D eigenvalue weighted by Crippen LogP contribution is 2.68. The molecule has 0 saturated heterocycles. The Morgan fingerprint density at radius 2 is 1.89 bits per heavy atom. The van der Waals surface area contributed by atoms with E-state index in [-0.39, 0.29) is 0 Å². The first-order chi connectivity index (χ1) is 8.82. The van der Waals surface area contributed by atoms with Gasteiger partial charge >= 0.3 is 0 Å². The summed E-state index contributed by atoms with van der Waals surface area (Å²) < 4.78 is 1.27. The first kappa shape index (κ1) is 12.9. The second-order valence-electron chi connectivity index (χ2n) is 6.87. The third-order valence-electron chi connectivity index (χ3n) is 5.32. The van der Waals surface area contributed by atoms with Crippen molar-refractivity contribution in [3.63, 3.8) is 0 Å². The Bertz CT molecular complexity index is 611. The lowest BCUT2D eigenvalue weighted by Crippen LogP contribution is -2.07. The molecular formula is C16H22N2S. The van der Waals surface area contributed by atoms with Crippen molar-refractivity contribution in [1.29, 1.82) is 0 Å². The molecule has 0 spiro atoms. The van der Waals surface area contributed by atoms with Crippen molar-refractivity contribution >= 4 is 26.7 Å². The van der Waals surface area contributed by atoms with Crippen molar-refractivity contribution in [1.82, 2.24) is 4.98 Å². The average Bonchev–Trinajstić information content (AvgIpc) is 2.63. The van der Waals surface area contributed by atoms with Crippen LogP contribution in [0, 0.1) is 23.7 Å². The Morgan fingerprint density at radius 1 is 1.21 bits per heavy atom. The standard InChI is InChI=1S/C16H22N2S/c1-10-6-7-12-11(8-10)18-14(19-12)17-9-13-15(2,3)16(13,4)5/h6-8,13H,9H2,1-5H3,(H,17,18). The predicted molar refractivity (Wildman–Crippen MR) is 83.9 cm³/mol. The van der Waals surface area contributed by atoms with Crippen molar-refractivity contribution in [2.24, 2.45) is 16.7 Å². The Labute approximate surface area is 119 Å². The number of nitrogens with zero attached hydrogens (tertiary/aromatic N) is 1. The monoisotopic (exact) mass is 274 g/mol. The molecule has 0 amide bonds. The maximum atomic E-state index is 4.68. The number of hydrogen-bond donors (Lipinski definition) is 1. The maximum absolute atomic E-state index is 4.68. The number of anilines is 1. The lowest BCUT2D eigenvalue weighted by Gasteiger charge is -2.04. The van der Waals surface area contributed by atoms with E-state index in [4.69, 9.17) is 0 Å². The zero-order chi connectivity index (χ0) is 13.8. The van der Waals surface area contributed by atoms with E-state index in [2.05, 4.69) is 63.1 Å². The molecule has 0 aliphatic heterocycles. The topological polar surface area (TPSA) is 24.9 Å². The van der Waals surface area contributed by atoms with Gasteiger partial charge < -0.3 is 5.32 Å². The molecular weight excluding hydrogens is 252 g/mol. The summed E-state index contributed by atoms with van der Waals surface area (Å²) in [5.41, 5.74) is 3.26. The summed E-state index contributed by atoms with van der Waals surface area (Å²) in [6.07, 6.45) is 0. The molecule has 1 aliphatic rings. The van der Waals surface area contributed by atoms with Gasteiger partial charge in [-0.25, -0.2) is 4.98 Å². The number of hydrogen-bond acceptors (Lipinski definition) is 3. The van der Waals surface area contributed by atoms with Crippen LogP contribution in [0.3, 0.4) is 0 Å². The van der Waals surface area contributed by atoms with Gasteiger partial charge in [0.05, 0.1) is 10.2 Å². The van der Waals surface area contributed by atoms with Gasteiger partial charge in [-0.3, -0.25) is 0 Å². The van der Waals surface area contributed by atoms with E-state index >= 15 is 0 Å². The Morgan fingerprint density at radius 3 is 2.53 bits per heavy atom. The minimum atomic E-state index is 0.438. The smallest absolute Gasteiger partial charge is 0.183 e. The fraction of sp³-hybridized carbons (Fsp3) is 0.562. The molecule has 0 unspecified atom stereocenters. The highest BCUT2D eigenvalue weighted by atomic mass is 32.1. The summed E-state index contributed by atoms with van der Waals surface area (Å²) in [5, 5.41) is 4.59. The molecule has 1 fully saturated rings. The van der Waals surface area contributed by atoms with Crippen molar-refractivity contribution in [2.45, 2.75) is 34.6 Å². The van der Waals surface area contributed by atoms with Crippen LogP contribution in [0.25, 0.3) is 10.2 Å². The van der Waals surface area contributed by atoms with E-state index in [1.165, 1.54) is 10.3 Å². The van der Waals surface area contributed by atoms with Crippen LogP contribution in [0.5, 0.6) is 0 Å². The minimum Gasteiger partial charge on any atom is -0.361 e. The average molecular weight is 274 g/mol. The maximum Gasteiger partial charge on any atom is 0.183 e. The van der Waals surface area contributed by atoms with Crippen LogP contribution < -0.4 is 5.32 Å². The molecule has 102 valence electrons. The van der Waals surface area contributed by atoms with Gasteiger partial charge in [0, 0.05) is 6.54 Å². The molecule has 2 nitrogen and oxygen atoms in total. The molecule has 1 heterocycles. The summed E-state index contributed by atoms with van der Waals surface area (Å²) >= 11 is 1.75. The second-order valence-corrected chi connectivity index (χ2v) is 7.90. The van der Waals surface area contributed by atoms with Crippen molar-refractivity contribution in [3.05, 3.63) is 23.8 Å². The second kappa shape index (κ2) is 3.95. The van der Waals surface area contributed by atoms with Gasteiger partial charge in [-0.2, -0.15) is 0 Å². The minimum absolute atomic E-state index is 0.438. The molecule has 1 aliphatic carbocycles. The molecule has 3 rings (SSSR count). The molecule has 1 aromatic carbocycles. The molecule has 19 heavy (non-hydrogen) atoms. The highest BCUT2D eigenvalue weighted by Gasteiger charge is 2.64. The quantitative estimate of drug-likeness (QED) is 0.877. The molecule has 0 radical (unpaired) electrons. The predicted octanol–water partition coefficient (Wildman–Crippen LogP) is 4.70. The first-order valence-electron chi connectivity index (χ1n) is 6.93.